The summed E-state index contributed by atoms with van der Waals surface area (Å²) in [4.78, 5) is 21.7. The maximum absolute atomic E-state index is 13.0. The summed E-state index contributed by atoms with van der Waals surface area (Å²) < 4.78 is 69.1. The molecule has 0 saturated heterocycles. The van der Waals surface area contributed by atoms with Crippen LogP contribution in [0.3, 0.4) is 0 Å². The van der Waals surface area contributed by atoms with Crippen LogP contribution in [0.25, 0.3) is 11.0 Å². The lowest BCUT2D eigenvalue weighted by atomic mass is 10.1. The molecular weight excluding hydrogens is 475 g/mol. The second-order valence-electron chi connectivity index (χ2n) is 6.87. The Morgan fingerprint density at radius 3 is 2.26 bits per heavy atom. The van der Waals surface area contributed by atoms with Crippen molar-refractivity contribution in [3.05, 3.63) is 78.1 Å². The highest BCUT2D eigenvalue weighted by molar-refractivity contribution is 7.73. The molecule has 1 amide bonds. The Bertz CT molecular complexity index is 1460. The molecule has 0 saturated carbocycles. The van der Waals surface area contributed by atoms with Gasteiger partial charge in [0.05, 0.1) is 15.9 Å². The summed E-state index contributed by atoms with van der Waals surface area (Å²) in [5, 5.41) is 2.60. The molecule has 1 N–H and O–H groups in total. The van der Waals surface area contributed by atoms with E-state index in [-0.39, 0.29) is 28.6 Å². The van der Waals surface area contributed by atoms with E-state index in [0.29, 0.717) is 16.7 Å². The van der Waals surface area contributed by atoms with Crippen molar-refractivity contribution < 1.29 is 35.9 Å². The number of nitrogens with one attached hydrogen (secondary N) is 1. The van der Waals surface area contributed by atoms with Gasteiger partial charge in [-0.3, -0.25) is 4.79 Å². The number of hydrogen-bond donors (Lipinski definition) is 1. The summed E-state index contributed by atoms with van der Waals surface area (Å²) in [6.07, 6.45) is -0.414. The molecule has 1 aromatic heterocycles. The molecule has 0 bridgehead atoms. The third-order valence-electron chi connectivity index (χ3n) is 4.46. The van der Waals surface area contributed by atoms with Crippen molar-refractivity contribution in [2.24, 2.45) is 0 Å². The van der Waals surface area contributed by atoms with Crippen LogP contribution in [-0.4, -0.2) is 35.5 Å². The number of allylic oxidation sites excluding steroid dienone is 4. The van der Waals surface area contributed by atoms with E-state index in [1.54, 1.807) is 30.3 Å². The minimum Gasteiger partial charge on any atom is -0.437 e. The summed E-state index contributed by atoms with van der Waals surface area (Å²) in [6.45, 7) is 0. The number of amides is 1. The predicted molar refractivity (Wildman–Crippen MR) is 116 cm³/mol. The minimum absolute atomic E-state index is 0.0176. The molecule has 0 atom stereocenters. The van der Waals surface area contributed by atoms with Crippen LogP contribution in [0, 0.1) is 0 Å². The number of hydrogen-bond acceptors (Lipinski definition) is 7. The topological polar surface area (TPSA) is 107 Å². The average Bonchev–Trinajstić information content (AvgIpc) is 2.79. The zero-order valence-electron chi connectivity index (χ0n) is 17.0. The van der Waals surface area contributed by atoms with Crippen LogP contribution in [0.4, 0.5) is 13.2 Å². The Morgan fingerprint density at radius 2 is 1.62 bits per heavy atom. The van der Waals surface area contributed by atoms with E-state index in [0.717, 1.165) is 12.1 Å². The zero-order chi connectivity index (χ0) is 24.3. The Kier molecular flexibility index (Phi) is 6.32. The van der Waals surface area contributed by atoms with Crippen molar-refractivity contribution in [1.29, 1.82) is 0 Å². The second-order valence-corrected chi connectivity index (χ2v) is 7.86. The van der Waals surface area contributed by atoms with Crippen LogP contribution in [0.15, 0.2) is 72.5 Å². The number of carbonyl (C=O) groups excluding carboxylic acids is 1. The van der Waals surface area contributed by atoms with Gasteiger partial charge in [-0.1, -0.05) is 18.2 Å². The molecule has 2 aromatic carbocycles. The second kappa shape index (κ2) is 9.35. The maximum atomic E-state index is 13.0. The van der Waals surface area contributed by atoms with Crippen molar-refractivity contribution in [3.63, 3.8) is 0 Å². The molecule has 1 heterocycles. The smallest absolute Gasteiger partial charge is 0.437 e. The molecule has 0 spiro atoms. The highest BCUT2D eigenvalue weighted by atomic mass is 32.2. The molecule has 4 rings (SSSR count). The van der Waals surface area contributed by atoms with Gasteiger partial charge in [0.2, 0.25) is 10.3 Å². The lowest BCUT2D eigenvalue weighted by molar-refractivity contribution is -0.274. The van der Waals surface area contributed by atoms with Gasteiger partial charge < -0.3 is 14.8 Å². The number of alkyl halides is 3. The molecule has 0 aliphatic heterocycles. The monoisotopic (exact) mass is 489 g/mol. The fraction of sp³-hybridized carbons (Fsp3) is 0.0909. The number of halogens is 3. The van der Waals surface area contributed by atoms with Gasteiger partial charge in [-0.05, 0) is 48.6 Å². The highest BCUT2D eigenvalue weighted by Crippen LogP contribution is 2.29. The molecule has 3 aromatic rings. The number of benzene rings is 2. The van der Waals surface area contributed by atoms with E-state index in [2.05, 4.69) is 20.0 Å². The van der Waals surface area contributed by atoms with Crippen LogP contribution in [0.1, 0.15) is 16.9 Å². The first kappa shape index (κ1) is 23.0. The van der Waals surface area contributed by atoms with Crippen molar-refractivity contribution >= 4 is 32.1 Å². The van der Waals surface area contributed by atoms with Gasteiger partial charge in [-0.15, -0.1) is 13.2 Å². The average molecular weight is 489 g/mol. The van der Waals surface area contributed by atoms with Gasteiger partial charge in [0.25, 0.3) is 11.8 Å². The van der Waals surface area contributed by atoms with Gasteiger partial charge >= 0.3 is 6.36 Å². The van der Waals surface area contributed by atoms with Gasteiger partial charge in [-0.2, -0.15) is 8.42 Å². The van der Waals surface area contributed by atoms with Gasteiger partial charge in [0, 0.05) is 12.1 Å². The summed E-state index contributed by atoms with van der Waals surface area (Å²) in [6, 6.07) is 11.3. The SMILES string of the molecule is O=C(NC1=CC=CC(=S(=O)=O)C1)c1nc2ccccc2nc1Oc1ccc(OC(F)(F)F)cc1. The predicted octanol–water partition coefficient (Wildman–Crippen LogP) is 3.95. The van der Waals surface area contributed by atoms with Crippen LogP contribution in [-0.2, 0) is 10.3 Å². The Hall–Kier alpha value is -4.19. The summed E-state index contributed by atoms with van der Waals surface area (Å²) >= 11 is 0. The quantitative estimate of drug-likeness (QED) is 0.541. The first-order valence-corrected chi connectivity index (χ1v) is 10.7. The normalized spacial score (nSPS) is 13.4. The van der Waals surface area contributed by atoms with E-state index >= 15 is 0 Å². The summed E-state index contributed by atoms with van der Waals surface area (Å²) in [7, 11) is -2.44. The number of carbonyl (C=O) groups is 1. The van der Waals surface area contributed by atoms with Crippen LogP contribution >= 0.6 is 0 Å². The van der Waals surface area contributed by atoms with Crippen LogP contribution < -0.4 is 14.8 Å². The molecule has 1 aliphatic carbocycles. The minimum atomic E-state index is -4.84. The standard InChI is InChI=1S/C22H14F3N3O5S/c23-22(24,25)33-15-10-8-14(9-11-15)32-21-19(27-17-6-1-2-7-18(17)28-21)20(29)26-13-4-3-5-16(12-13)34(30)31/h1-11H,12H2,(H,26,29). The van der Waals surface area contributed by atoms with Gasteiger partial charge in [0.15, 0.2) is 5.69 Å². The van der Waals surface area contributed by atoms with Crippen LogP contribution in [0.5, 0.6) is 17.4 Å². The zero-order valence-corrected chi connectivity index (χ0v) is 17.9. The lowest BCUT2D eigenvalue weighted by Crippen LogP contribution is -2.26. The Morgan fingerprint density at radius 1 is 0.971 bits per heavy atom. The largest absolute Gasteiger partial charge is 0.573 e. The van der Waals surface area contributed by atoms with Crippen molar-refractivity contribution in [2.45, 2.75) is 12.8 Å². The molecule has 0 radical (unpaired) electrons. The molecule has 174 valence electrons. The molecule has 34 heavy (non-hydrogen) atoms. The van der Waals surface area contributed by atoms with Crippen LogP contribution in [0.2, 0.25) is 0 Å². The number of rotatable bonds is 5. The van der Waals surface area contributed by atoms with E-state index in [1.165, 1.54) is 24.3 Å². The fourth-order valence-electron chi connectivity index (χ4n) is 3.01. The molecule has 8 nitrogen and oxygen atoms in total. The van der Waals surface area contributed by atoms with Gasteiger partial charge in [0.1, 0.15) is 11.5 Å². The first-order valence-electron chi connectivity index (χ1n) is 9.62. The number of nitrogens with zero attached hydrogens (tertiary/aromatic N) is 2. The van der Waals surface area contributed by atoms with E-state index in [9.17, 15) is 26.4 Å². The highest BCUT2D eigenvalue weighted by Gasteiger charge is 2.31. The van der Waals surface area contributed by atoms with E-state index < -0.39 is 28.3 Å². The maximum Gasteiger partial charge on any atom is 0.573 e. The van der Waals surface area contributed by atoms with Crippen molar-refractivity contribution in [3.8, 4) is 17.4 Å². The first-order chi connectivity index (χ1) is 16.2. The summed E-state index contributed by atoms with van der Waals surface area (Å²) in [5.74, 6) is -1.25. The lowest BCUT2D eigenvalue weighted by Gasteiger charge is -2.14. The number of ether oxygens (including phenoxy) is 2. The third-order valence-corrected chi connectivity index (χ3v) is 5.17. The van der Waals surface area contributed by atoms with Crippen molar-refractivity contribution in [2.75, 3.05) is 0 Å². The number of fused-ring (bicyclic) bond motifs is 1. The number of aromatic nitrogens is 2. The van der Waals surface area contributed by atoms with E-state index in [4.69, 9.17) is 4.74 Å². The van der Waals surface area contributed by atoms with Gasteiger partial charge in [-0.25, -0.2) is 9.97 Å². The summed E-state index contributed by atoms with van der Waals surface area (Å²) in [5.41, 5.74) is 0.943. The molecule has 0 fully saturated rings. The Labute approximate surface area is 191 Å². The fourth-order valence-corrected chi connectivity index (χ4v) is 3.47. The Balaban J connectivity index is 1.64. The third kappa shape index (κ3) is 5.59. The van der Waals surface area contributed by atoms with Crippen molar-refractivity contribution in [1.82, 2.24) is 15.3 Å². The number of para-hydroxylation sites is 2. The molecule has 12 heteroatoms. The van der Waals surface area contributed by atoms with E-state index in [1.807, 2.05) is 0 Å². The molecule has 0 unspecified atom stereocenters. The molecular formula is C22H14F3N3O5S. The molecule has 1 aliphatic rings.